The average molecular weight is 367 g/mol. The average Bonchev–Trinajstić information content (AvgIpc) is 3.29. The maximum atomic E-state index is 13.2. The zero-order valence-corrected chi connectivity index (χ0v) is 17.6. The summed E-state index contributed by atoms with van der Waals surface area (Å²) < 4.78 is 6.05. The zero-order valence-electron chi connectivity index (χ0n) is 17.6. The quantitative estimate of drug-likeness (QED) is 0.415. The van der Waals surface area contributed by atoms with Crippen LogP contribution in [0.3, 0.4) is 0 Å². The second kappa shape index (κ2) is 9.80. The molecule has 1 saturated heterocycles. The summed E-state index contributed by atoms with van der Waals surface area (Å²) in [4.78, 5) is 25.0. The predicted molar refractivity (Wildman–Crippen MR) is 105 cm³/mol. The third-order valence-corrected chi connectivity index (χ3v) is 6.37. The van der Waals surface area contributed by atoms with Crippen molar-refractivity contribution < 1.29 is 19.4 Å². The maximum absolute atomic E-state index is 13.2. The second-order valence-corrected chi connectivity index (χ2v) is 8.18. The molecule has 1 rings (SSSR count). The van der Waals surface area contributed by atoms with Crippen LogP contribution in [0.2, 0.25) is 0 Å². The Bertz CT molecular complexity index is 512. The van der Waals surface area contributed by atoms with Gasteiger partial charge in [0, 0.05) is 30.6 Å². The van der Waals surface area contributed by atoms with Crippen LogP contribution in [0.25, 0.3) is 0 Å². The van der Waals surface area contributed by atoms with Crippen molar-refractivity contribution in [2.24, 2.45) is 29.6 Å². The Hall–Kier alpha value is -1.00. The first-order chi connectivity index (χ1) is 12.2. The molecule has 7 atom stereocenters. The monoisotopic (exact) mass is 366 g/mol. The minimum atomic E-state index is -0.480. The number of Topliss-reactive ketones (excluding diaryl/α,β-unsaturated/α-hetero) is 2. The van der Waals surface area contributed by atoms with Crippen LogP contribution in [0.1, 0.15) is 67.7 Å². The van der Waals surface area contributed by atoms with Gasteiger partial charge in [-0.3, -0.25) is 9.59 Å². The summed E-state index contributed by atoms with van der Waals surface area (Å²) in [6, 6.07) is 0. The molecule has 0 aliphatic carbocycles. The molecule has 4 heteroatoms. The van der Waals surface area contributed by atoms with Gasteiger partial charge in [-0.15, -0.1) is 0 Å². The van der Waals surface area contributed by atoms with Gasteiger partial charge in [0.05, 0.1) is 18.3 Å². The lowest BCUT2D eigenvalue weighted by Crippen LogP contribution is -2.39. The van der Waals surface area contributed by atoms with E-state index in [0.717, 1.165) is 0 Å². The van der Waals surface area contributed by atoms with Gasteiger partial charge in [0.25, 0.3) is 0 Å². The number of allylic oxidation sites excluding steroid dienone is 1. The Morgan fingerprint density at radius 3 is 2.27 bits per heavy atom. The fourth-order valence-corrected chi connectivity index (χ4v) is 4.31. The minimum absolute atomic E-state index is 0.0702. The smallest absolute Gasteiger partial charge is 0.141 e. The first-order valence-corrected chi connectivity index (χ1v) is 10.1. The van der Waals surface area contributed by atoms with E-state index < -0.39 is 5.92 Å². The number of hydrogen-bond donors (Lipinski definition) is 1. The fraction of sp³-hybridized carbons (Fsp3) is 0.818. The molecule has 150 valence electrons. The van der Waals surface area contributed by atoms with E-state index in [1.54, 1.807) is 0 Å². The molecule has 7 unspecified atom stereocenters. The van der Waals surface area contributed by atoms with Gasteiger partial charge < -0.3 is 9.84 Å². The molecule has 1 heterocycles. The molecule has 0 radical (unpaired) electrons. The van der Waals surface area contributed by atoms with Crippen molar-refractivity contribution in [2.45, 2.75) is 79.4 Å². The maximum Gasteiger partial charge on any atom is 0.141 e. The molecular formula is C22H38O4. The van der Waals surface area contributed by atoms with Gasteiger partial charge >= 0.3 is 0 Å². The van der Waals surface area contributed by atoms with Gasteiger partial charge in [-0.05, 0) is 32.1 Å². The molecule has 1 aliphatic heterocycles. The second-order valence-electron chi connectivity index (χ2n) is 8.18. The van der Waals surface area contributed by atoms with Crippen LogP contribution in [0, 0.1) is 29.6 Å². The molecule has 0 aromatic heterocycles. The number of ketones is 2. The number of aliphatic hydroxyl groups is 1. The first kappa shape index (κ1) is 23.0. The number of rotatable bonds is 12. The van der Waals surface area contributed by atoms with Crippen LogP contribution in [0.5, 0.6) is 0 Å². The van der Waals surface area contributed by atoms with E-state index in [1.165, 1.54) is 0 Å². The molecule has 4 nitrogen and oxygen atoms in total. The normalized spacial score (nSPS) is 28.4. The Morgan fingerprint density at radius 2 is 1.81 bits per heavy atom. The molecule has 1 fully saturated rings. The highest BCUT2D eigenvalue weighted by Crippen LogP contribution is 2.50. The highest BCUT2D eigenvalue weighted by Gasteiger charge is 2.59. The fourth-order valence-electron chi connectivity index (χ4n) is 4.31. The highest BCUT2D eigenvalue weighted by molar-refractivity contribution is 5.85. The van der Waals surface area contributed by atoms with Crippen LogP contribution in [0.15, 0.2) is 12.2 Å². The van der Waals surface area contributed by atoms with Crippen molar-refractivity contribution in [1.29, 1.82) is 0 Å². The molecule has 0 aromatic carbocycles. The van der Waals surface area contributed by atoms with Crippen LogP contribution in [-0.2, 0) is 14.3 Å². The minimum Gasteiger partial charge on any atom is -0.396 e. The SMILES string of the molecule is CC=CC(C)C1OC1(C)C(C)C(CC)C(=O)C(CO)C(C)CC(=O)CC. The van der Waals surface area contributed by atoms with Crippen molar-refractivity contribution in [3.8, 4) is 0 Å². The number of carbonyl (C=O) groups excluding carboxylic acids is 2. The van der Waals surface area contributed by atoms with Gasteiger partial charge in [0.1, 0.15) is 11.6 Å². The topological polar surface area (TPSA) is 66.9 Å². The van der Waals surface area contributed by atoms with Gasteiger partial charge in [-0.2, -0.15) is 0 Å². The van der Waals surface area contributed by atoms with E-state index in [1.807, 2.05) is 33.8 Å². The zero-order chi connectivity index (χ0) is 20.1. The molecule has 0 saturated carbocycles. The molecule has 26 heavy (non-hydrogen) atoms. The Labute approximate surface area is 159 Å². The Kier molecular flexibility index (Phi) is 8.68. The number of aliphatic hydroxyl groups excluding tert-OH is 1. The van der Waals surface area contributed by atoms with Crippen molar-refractivity contribution in [3.63, 3.8) is 0 Å². The molecule has 0 aromatic rings. The highest BCUT2D eigenvalue weighted by atomic mass is 16.6. The van der Waals surface area contributed by atoms with Crippen molar-refractivity contribution in [3.05, 3.63) is 12.2 Å². The van der Waals surface area contributed by atoms with E-state index >= 15 is 0 Å². The Morgan fingerprint density at radius 1 is 1.19 bits per heavy atom. The predicted octanol–water partition coefficient (Wildman–Crippen LogP) is 4.20. The third-order valence-electron chi connectivity index (χ3n) is 6.37. The summed E-state index contributed by atoms with van der Waals surface area (Å²) in [6.07, 6.45) is 5.85. The molecular weight excluding hydrogens is 328 g/mol. The largest absolute Gasteiger partial charge is 0.396 e. The summed E-state index contributed by atoms with van der Waals surface area (Å²) in [6.45, 7) is 13.9. The van der Waals surface area contributed by atoms with E-state index in [4.69, 9.17) is 4.74 Å². The summed E-state index contributed by atoms with van der Waals surface area (Å²) in [5.74, 6) is -0.177. The van der Waals surface area contributed by atoms with Gasteiger partial charge in [0.2, 0.25) is 0 Å². The van der Waals surface area contributed by atoms with Gasteiger partial charge in [-0.1, -0.05) is 46.8 Å². The summed E-state index contributed by atoms with van der Waals surface area (Å²) >= 11 is 0. The van der Waals surface area contributed by atoms with Crippen LogP contribution in [-0.4, -0.2) is 35.0 Å². The first-order valence-electron chi connectivity index (χ1n) is 10.1. The van der Waals surface area contributed by atoms with Crippen LogP contribution in [0.4, 0.5) is 0 Å². The lowest BCUT2D eigenvalue weighted by Gasteiger charge is -2.31. The standard InChI is InChI=1S/C22H38O4/c1-8-11-14(4)21-22(7,26-21)16(6)18(10-3)20(25)19(13-23)15(5)12-17(24)9-2/h8,11,14-16,18-19,21,23H,9-10,12-13H2,1-7H3. The van der Waals surface area contributed by atoms with Gasteiger partial charge in [-0.25, -0.2) is 0 Å². The van der Waals surface area contributed by atoms with E-state index in [0.29, 0.717) is 25.2 Å². The van der Waals surface area contributed by atoms with Crippen LogP contribution >= 0.6 is 0 Å². The van der Waals surface area contributed by atoms with Gasteiger partial charge in [0.15, 0.2) is 0 Å². The molecule has 1 N–H and O–H groups in total. The Balaban J connectivity index is 2.88. The number of ether oxygens (including phenoxy) is 1. The lowest BCUT2D eigenvalue weighted by atomic mass is 9.71. The van der Waals surface area contributed by atoms with Crippen molar-refractivity contribution in [1.82, 2.24) is 0 Å². The molecule has 0 amide bonds. The summed E-state index contributed by atoms with van der Waals surface area (Å²) in [7, 11) is 0. The van der Waals surface area contributed by atoms with Crippen LogP contribution < -0.4 is 0 Å². The van der Waals surface area contributed by atoms with E-state index in [9.17, 15) is 14.7 Å². The number of hydrogen-bond acceptors (Lipinski definition) is 4. The summed E-state index contributed by atoms with van der Waals surface area (Å²) in [5.41, 5.74) is -0.308. The molecule has 0 spiro atoms. The molecule has 1 aliphatic rings. The number of carbonyl (C=O) groups is 2. The van der Waals surface area contributed by atoms with Crippen molar-refractivity contribution in [2.75, 3.05) is 6.61 Å². The van der Waals surface area contributed by atoms with E-state index in [2.05, 4.69) is 26.8 Å². The molecule has 0 bridgehead atoms. The lowest BCUT2D eigenvalue weighted by molar-refractivity contribution is -0.133. The van der Waals surface area contributed by atoms with Crippen molar-refractivity contribution >= 4 is 11.6 Å². The third kappa shape index (κ3) is 5.04. The van der Waals surface area contributed by atoms with E-state index in [-0.39, 0.29) is 47.6 Å². The number of epoxide rings is 1. The summed E-state index contributed by atoms with van der Waals surface area (Å²) in [5, 5.41) is 9.83.